The maximum atomic E-state index is 11.7. The van der Waals surface area contributed by atoms with E-state index in [1.807, 2.05) is 30.3 Å². The second-order valence-electron chi connectivity index (χ2n) is 4.86. The molecule has 0 unspecified atom stereocenters. The highest BCUT2D eigenvalue weighted by Gasteiger charge is 2.43. The molecular weight excluding hydrogens is 276 g/mol. The summed E-state index contributed by atoms with van der Waals surface area (Å²) in [6.45, 7) is 1.51. The van der Waals surface area contributed by atoms with Crippen molar-refractivity contribution in [1.82, 2.24) is 0 Å². The Hall–Kier alpha value is -1.73. The molecular formula is C15H18O6. The SMILES string of the molecule is C[C@@H]1O[C@@H](OC(=O)C=Cc2ccccc2)[C@H](O)[C@H](O)[C@H]1O. The van der Waals surface area contributed by atoms with Crippen LogP contribution in [0.15, 0.2) is 36.4 Å². The van der Waals surface area contributed by atoms with Gasteiger partial charge in [-0.2, -0.15) is 0 Å². The Kier molecular flexibility index (Phi) is 5.08. The van der Waals surface area contributed by atoms with Crippen LogP contribution in [0.5, 0.6) is 0 Å². The van der Waals surface area contributed by atoms with E-state index < -0.39 is 36.7 Å². The lowest BCUT2D eigenvalue weighted by molar-refractivity contribution is -0.283. The largest absolute Gasteiger partial charge is 0.430 e. The van der Waals surface area contributed by atoms with E-state index >= 15 is 0 Å². The van der Waals surface area contributed by atoms with Crippen molar-refractivity contribution in [1.29, 1.82) is 0 Å². The van der Waals surface area contributed by atoms with Crippen LogP contribution in [0.3, 0.4) is 0 Å². The molecule has 21 heavy (non-hydrogen) atoms. The van der Waals surface area contributed by atoms with Crippen LogP contribution in [-0.2, 0) is 14.3 Å². The number of rotatable bonds is 3. The lowest BCUT2D eigenvalue weighted by Gasteiger charge is -2.38. The molecule has 0 spiro atoms. The Labute approximate surface area is 122 Å². The van der Waals surface area contributed by atoms with Gasteiger partial charge in [0.25, 0.3) is 0 Å². The van der Waals surface area contributed by atoms with Crippen molar-refractivity contribution < 1.29 is 29.6 Å². The van der Waals surface area contributed by atoms with Crippen molar-refractivity contribution >= 4 is 12.0 Å². The highest BCUT2D eigenvalue weighted by Crippen LogP contribution is 2.21. The number of carbonyl (C=O) groups is 1. The number of hydrogen-bond donors (Lipinski definition) is 3. The van der Waals surface area contributed by atoms with Crippen molar-refractivity contribution in [3.8, 4) is 0 Å². The van der Waals surface area contributed by atoms with E-state index in [1.165, 1.54) is 13.0 Å². The third-order valence-electron chi connectivity index (χ3n) is 3.25. The minimum atomic E-state index is -1.50. The van der Waals surface area contributed by atoms with E-state index in [-0.39, 0.29) is 0 Å². The van der Waals surface area contributed by atoms with Gasteiger partial charge in [-0.25, -0.2) is 4.79 Å². The first kappa shape index (κ1) is 15.7. The topological polar surface area (TPSA) is 96.2 Å². The van der Waals surface area contributed by atoms with Crippen molar-refractivity contribution in [3.63, 3.8) is 0 Å². The maximum Gasteiger partial charge on any atom is 0.333 e. The normalized spacial score (nSPS) is 33.0. The molecule has 1 heterocycles. The van der Waals surface area contributed by atoms with Crippen LogP contribution < -0.4 is 0 Å². The molecule has 0 bridgehead atoms. The molecule has 6 heteroatoms. The van der Waals surface area contributed by atoms with Gasteiger partial charge in [0.2, 0.25) is 6.29 Å². The summed E-state index contributed by atoms with van der Waals surface area (Å²) in [5.74, 6) is -0.710. The molecule has 2 rings (SSSR count). The van der Waals surface area contributed by atoms with E-state index in [1.54, 1.807) is 6.08 Å². The highest BCUT2D eigenvalue weighted by atomic mass is 16.7. The minimum Gasteiger partial charge on any atom is -0.430 e. The molecule has 6 nitrogen and oxygen atoms in total. The quantitative estimate of drug-likeness (QED) is 0.539. The molecule has 0 saturated carbocycles. The van der Waals surface area contributed by atoms with Gasteiger partial charge in [0, 0.05) is 6.08 Å². The van der Waals surface area contributed by atoms with E-state index in [4.69, 9.17) is 9.47 Å². The van der Waals surface area contributed by atoms with Gasteiger partial charge < -0.3 is 24.8 Å². The third-order valence-corrected chi connectivity index (χ3v) is 3.25. The van der Waals surface area contributed by atoms with Gasteiger partial charge in [-0.3, -0.25) is 0 Å². The Bertz CT molecular complexity index is 500. The van der Waals surface area contributed by atoms with E-state index in [0.29, 0.717) is 0 Å². The van der Waals surface area contributed by atoms with Crippen LogP contribution in [0, 0.1) is 0 Å². The van der Waals surface area contributed by atoms with Gasteiger partial charge in [0.15, 0.2) is 0 Å². The first-order valence-electron chi connectivity index (χ1n) is 6.62. The summed E-state index contributed by atoms with van der Waals surface area (Å²) in [6, 6.07) is 9.16. The van der Waals surface area contributed by atoms with Gasteiger partial charge in [0.1, 0.15) is 18.3 Å². The lowest BCUT2D eigenvalue weighted by Crippen LogP contribution is -2.57. The van der Waals surface area contributed by atoms with Gasteiger partial charge in [0.05, 0.1) is 6.10 Å². The average Bonchev–Trinajstić information content (AvgIpc) is 2.49. The Morgan fingerprint density at radius 1 is 1.14 bits per heavy atom. The van der Waals surface area contributed by atoms with Crippen LogP contribution in [0.1, 0.15) is 12.5 Å². The van der Waals surface area contributed by atoms with Crippen LogP contribution in [0.2, 0.25) is 0 Å². The zero-order chi connectivity index (χ0) is 15.4. The molecule has 0 aromatic heterocycles. The predicted octanol–water partition coefficient (Wildman–Crippen LogP) is 0.0705. The number of ether oxygens (including phenoxy) is 2. The molecule has 1 aliphatic rings. The number of aliphatic hydroxyl groups is 3. The van der Waals surface area contributed by atoms with E-state index in [2.05, 4.69) is 0 Å². The second-order valence-corrected chi connectivity index (χ2v) is 4.86. The summed E-state index contributed by atoms with van der Waals surface area (Å²) in [5, 5.41) is 28.9. The van der Waals surface area contributed by atoms with Crippen molar-refractivity contribution in [3.05, 3.63) is 42.0 Å². The summed E-state index contributed by atoms with van der Waals surface area (Å²) >= 11 is 0. The van der Waals surface area contributed by atoms with Crippen molar-refractivity contribution in [2.75, 3.05) is 0 Å². The van der Waals surface area contributed by atoms with Gasteiger partial charge in [-0.1, -0.05) is 30.3 Å². The minimum absolute atomic E-state index is 0.710. The highest BCUT2D eigenvalue weighted by molar-refractivity contribution is 5.87. The maximum absolute atomic E-state index is 11.7. The summed E-state index contributed by atoms with van der Waals surface area (Å²) in [6.07, 6.45) is -3.45. The van der Waals surface area contributed by atoms with E-state index in [0.717, 1.165) is 5.56 Å². The fraction of sp³-hybridized carbons (Fsp3) is 0.400. The van der Waals surface area contributed by atoms with E-state index in [9.17, 15) is 20.1 Å². The second kappa shape index (κ2) is 6.82. The van der Waals surface area contributed by atoms with Crippen LogP contribution in [0.25, 0.3) is 6.08 Å². The fourth-order valence-corrected chi connectivity index (χ4v) is 1.99. The zero-order valence-electron chi connectivity index (χ0n) is 11.5. The molecule has 5 atom stereocenters. The third kappa shape index (κ3) is 3.89. The van der Waals surface area contributed by atoms with Crippen molar-refractivity contribution in [2.24, 2.45) is 0 Å². The standard InChI is InChI=1S/C15H18O6/c1-9-12(17)13(18)14(19)15(20-9)21-11(16)8-7-10-5-3-2-4-6-10/h2-9,12-15,17-19H,1H3/t9-,12-,13+,14+,15-/m0/s1. The van der Waals surface area contributed by atoms with Crippen LogP contribution >= 0.6 is 0 Å². The molecule has 0 aliphatic carbocycles. The smallest absolute Gasteiger partial charge is 0.333 e. The fourth-order valence-electron chi connectivity index (χ4n) is 1.99. The summed E-state index contributed by atoms with van der Waals surface area (Å²) in [5.41, 5.74) is 0.823. The van der Waals surface area contributed by atoms with Crippen LogP contribution in [-0.4, -0.2) is 52.0 Å². The number of carbonyl (C=O) groups excluding carboxylic acids is 1. The zero-order valence-corrected chi connectivity index (χ0v) is 11.5. The Balaban J connectivity index is 1.95. The lowest BCUT2D eigenvalue weighted by atomic mass is 10.0. The Morgan fingerprint density at radius 3 is 2.48 bits per heavy atom. The number of hydrogen-bond acceptors (Lipinski definition) is 6. The molecule has 1 aromatic rings. The number of benzene rings is 1. The molecule has 0 amide bonds. The molecule has 3 N–H and O–H groups in total. The predicted molar refractivity (Wildman–Crippen MR) is 73.9 cm³/mol. The van der Waals surface area contributed by atoms with Gasteiger partial charge in [-0.05, 0) is 18.6 Å². The first-order chi connectivity index (χ1) is 9.99. The number of esters is 1. The van der Waals surface area contributed by atoms with Crippen LogP contribution in [0.4, 0.5) is 0 Å². The average molecular weight is 294 g/mol. The monoisotopic (exact) mass is 294 g/mol. The summed E-state index contributed by atoms with van der Waals surface area (Å²) < 4.78 is 10.1. The summed E-state index contributed by atoms with van der Waals surface area (Å²) in [7, 11) is 0. The first-order valence-corrected chi connectivity index (χ1v) is 6.62. The van der Waals surface area contributed by atoms with Crippen molar-refractivity contribution in [2.45, 2.75) is 37.6 Å². The molecule has 1 fully saturated rings. The molecule has 1 aromatic carbocycles. The summed E-state index contributed by atoms with van der Waals surface area (Å²) in [4.78, 5) is 11.7. The Morgan fingerprint density at radius 2 is 1.81 bits per heavy atom. The molecule has 1 aliphatic heterocycles. The number of aliphatic hydroxyl groups excluding tert-OH is 3. The van der Waals surface area contributed by atoms with Gasteiger partial charge in [-0.15, -0.1) is 0 Å². The molecule has 0 radical (unpaired) electrons. The molecule has 1 saturated heterocycles. The van der Waals surface area contributed by atoms with Gasteiger partial charge >= 0.3 is 5.97 Å². The molecule has 114 valence electrons.